The number of fused-ring (bicyclic) bond motifs is 7. The maximum absolute atomic E-state index is 5.56. The lowest BCUT2D eigenvalue weighted by Gasteiger charge is -2.44. The first-order valence-electron chi connectivity index (χ1n) is 30.0. The van der Waals surface area contributed by atoms with Gasteiger partial charge in [-0.05, 0) is 125 Å². The second-order valence-electron chi connectivity index (χ2n) is 22.7. The number of anilines is 6. The maximum Gasteiger partial charge on any atom is 0.252 e. The monoisotopic (exact) mass is 1140 g/mol. The third-order valence-corrected chi connectivity index (χ3v) is 17.3. The minimum atomic E-state index is 0.0458. The first kappa shape index (κ1) is 51.5. The highest BCUT2D eigenvalue weighted by molar-refractivity contribution is 7.00. The Hall–Kier alpha value is -11.9. The van der Waals surface area contributed by atoms with Crippen molar-refractivity contribution in [1.29, 1.82) is 0 Å². The molecule has 15 aromatic rings. The van der Waals surface area contributed by atoms with E-state index in [0.29, 0.717) is 34.9 Å². The number of rotatable bonds is 10. The molecule has 10 heteroatoms. The summed E-state index contributed by atoms with van der Waals surface area (Å²) in [4.78, 5) is 36.7. The number of benzene rings is 12. The second-order valence-corrected chi connectivity index (χ2v) is 22.7. The normalized spacial score (nSPS) is 12.3. The molecule has 89 heavy (non-hydrogen) atoms. The van der Waals surface area contributed by atoms with Crippen LogP contribution in [-0.2, 0) is 0 Å². The van der Waals surface area contributed by atoms with Gasteiger partial charge in [0.05, 0.1) is 16.7 Å². The lowest BCUT2D eigenvalue weighted by molar-refractivity contribution is 1.06. The van der Waals surface area contributed by atoms with Crippen LogP contribution < -0.4 is 26.2 Å². The van der Waals surface area contributed by atoms with Gasteiger partial charge in [-0.15, -0.1) is 0 Å². The third-order valence-electron chi connectivity index (χ3n) is 17.3. The van der Waals surface area contributed by atoms with Crippen molar-refractivity contribution in [1.82, 2.24) is 34.5 Å². The predicted molar refractivity (Wildman–Crippen MR) is 364 cm³/mol. The molecule has 0 aliphatic carbocycles. The van der Waals surface area contributed by atoms with Crippen molar-refractivity contribution in [3.8, 4) is 85.1 Å². The van der Waals surface area contributed by atoms with E-state index in [9.17, 15) is 0 Å². The lowest BCUT2D eigenvalue weighted by Crippen LogP contribution is -2.61. The molecule has 0 saturated heterocycles. The van der Waals surface area contributed by atoms with Crippen LogP contribution >= 0.6 is 0 Å². The molecular formula is C79H52BN9. The van der Waals surface area contributed by atoms with E-state index in [1.54, 1.807) is 0 Å². The van der Waals surface area contributed by atoms with Crippen molar-refractivity contribution in [2.45, 2.75) is 6.92 Å². The van der Waals surface area contributed by atoms with Gasteiger partial charge in [-0.1, -0.05) is 212 Å². The van der Waals surface area contributed by atoms with E-state index in [2.05, 4.69) is 240 Å². The Morgan fingerprint density at radius 1 is 0.270 bits per heavy atom. The highest BCUT2D eigenvalue weighted by atomic mass is 15.2. The first-order chi connectivity index (χ1) is 44.0. The molecule has 12 aromatic carbocycles. The third kappa shape index (κ3) is 8.87. The van der Waals surface area contributed by atoms with Gasteiger partial charge in [-0.25, -0.2) is 29.9 Å². The molecule has 0 radical (unpaired) electrons. The van der Waals surface area contributed by atoms with Crippen molar-refractivity contribution < 1.29 is 0 Å². The summed E-state index contributed by atoms with van der Waals surface area (Å²) in [6.07, 6.45) is 0. The molecule has 0 bridgehead atoms. The van der Waals surface area contributed by atoms with Crippen LogP contribution in [0.3, 0.4) is 0 Å². The number of hydrogen-bond acceptors (Lipinski definition) is 8. The number of hydrogen-bond donors (Lipinski definition) is 0. The Balaban J connectivity index is 0.832. The zero-order valence-corrected chi connectivity index (χ0v) is 48.4. The fourth-order valence-corrected chi connectivity index (χ4v) is 13.3. The second kappa shape index (κ2) is 21.3. The van der Waals surface area contributed by atoms with E-state index in [-0.39, 0.29) is 6.71 Å². The zero-order valence-electron chi connectivity index (χ0n) is 48.4. The van der Waals surface area contributed by atoms with Crippen LogP contribution in [0.5, 0.6) is 0 Å². The summed E-state index contributed by atoms with van der Waals surface area (Å²) in [6, 6.07) is 105. The van der Waals surface area contributed by atoms with Gasteiger partial charge in [-0.3, -0.25) is 0 Å². The van der Waals surface area contributed by atoms with Crippen molar-refractivity contribution >= 4 is 79.0 Å². The molecule has 9 nitrogen and oxygen atoms in total. The zero-order chi connectivity index (χ0) is 58.9. The van der Waals surface area contributed by atoms with Gasteiger partial charge >= 0.3 is 0 Å². The Morgan fingerprint density at radius 2 is 0.697 bits per heavy atom. The summed E-state index contributed by atoms with van der Waals surface area (Å²) in [5, 5.41) is 2.31. The summed E-state index contributed by atoms with van der Waals surface area (Å²) in [6.45, 7) is 2.19. The van der Waals surface area contributed by atoms with Crippen LogP contribution in [0.4, 0.5) is 34.1 Å². The maximum atomic E-state index is 5.56. The summed E-state index contributed by atoms with van der Waals surface area (Å²) in [5.74, 6) is 3.26. The highest BCUT2D eigenvalue weighted by Gasteiger charge is 2.43. The van der Waals surface area contributed by atoms with E-state index < -0.39 is 0 Å². The van der Waals surface area contributed by atoms with Crippen molar-refractivity contribution in [3.05, 3.63) is 303 Å². The minimum Gasteiger partial charge on any atom is -0.311 e. The molecule has 2 aliphatic heterocycles. The molecule has 2 aliphatic rings. The van der Waals surface area contributed by atoms with Gasteiger partial charge in [0, 0.05) is 78.3 Å². The van der Waals surface area contributed by atoms with E-state index >= 15 is 0 Å². The van der Waals surface area contributed by atoms with Crippen LogP contribution in [-0.4, -0.2) is 41.2 Å². The first-order valence-corrected chi connectivity index (χ1v) is 30.0. The fraction of sp³-hybridized carbons (Fsp3) is 0.0127. The van der Waals surface area contributed by atoms with Gasteiger partial charge in [0.1, 0.15) is 0 Å². The van der Waals surface area contributed by atoms with Crippen LogP contribution in [0, 0.1) is 6.92 Å². The summed E-state index contributed by atoms with van der Waals surface area (Å²) < 4.78 is 2.34. The van der Waals surface area contributed by atoms with Crippen LogP contribution in [0.15, 0.2) is 297 Å². The molecule has 0 N–H and O–H groups in total. The smallest absolute Gasteiger partial charge is 0.252 e. The van der Waals surface area contributed by atoms with Gasteiger partial charge in [-0.2, -0.15) is 0 Å². The number of para-hydroxylation sites is 4. The fourth-order valence-electron chi connectivity index (χ4n) is 13.3. The number of aryl methyl sites for hydroxylation is 1. The van der Waals surface area contributed by atoms with Crippen molar-refractivity contribution in [3.63, 3.8) is 0 Å². The average Bonchev–Trinajstić information content (AvgIpc) is 1.22. The Morgan fingerprint density at radius 3 is 1.31 bits per heavy atom. The lowest BCUT2D eigenvalue weighted by atomic mass is 9.33. The predicted octanol–water partition coefficient (Wildman–Crippen LogP) is 17.2. The molecule has 0 saturated carbocycles. The van der Waals surface area contributed by atoms with Gasteiger partial charge in [0.15, 0.2) is 34.9 Å². The van der Waals surface area contributed by atoms with E-state index in [4.69, 9.17) is 29.9 Å². The molecule has 17 rings (SSSR count). The van der Waals surface area contributed by atoms with Gasteiger partial charge in [0.2, 0.25) is 0 Å². The Bertz CT molecular complexity index is 5190. The molecular weight excluding hydrogens is 1090 g/mol. The number of aromatic nitrogens is 7. The van der Waals surface area contributed by atoms with E-state index in [1.165, 1.54) is 33.3 Å². The molecule has 0 spiro atoms. The molecule has 0 amide bonds. The largest absolute Gasteiger partial charge is 0.311 e. The molecule has 0 atom stereocenters. The Labute approximate surface area is 515 Å². The van der Waals surface area contributed by atoms with Gasteiger partial charge in [0.25, 0.3) is 6.71 Å². The van der Waals surface area contributed by atoms with Crippen molar-refractivity contribution in [2.24, 2.45) is 0 Å². The molecule has 0 fully saturated rings. The van der Waals surface area contributed by atoms with Crippen LogP contribution in [0.2, 0.25) is 0 Å². The summed E-state index contributed by atoms with van der Waals surface area (Å²) in [5.41, 5.74) is 22.1. The molecule has 5 heterocycles. The average molecular weight is 1140 g/mol. The quantitative estimate of drug-likeness (QED) is 0.125. The molecule has 416 valence electrons. The Kier molecular flexibility index (Phi) is 12.3. The van der Waals surface area contributed by atoms with Gasteiger partial charge < -0.3 is 14.4 Å². The van der Waals surface area contributed by atoms with E-state index in [1.807, 2.05) is 78.9 Å². The van der Waals surface area contributed by atoms with Crippen LogP contribution in [0.1, 0.15) is 5.56 Å². The van der Waals surface area contributed by atoms with Crippen LogP contribution in [0.25, 0.3) is 107 Å². The topological polar surface area (TPSA) is 88.7 Å². The number of nitrogens with zero attached hydrogens (tertiary/aromatic N) is 9. The molecule has 3 aromatic heterocycles. The SMILES string of the molecule is Cc1ccc2c(c1)c1ccccc1n2-c1ccc(-c2nc(-c3ccccc3)nc(-c3ccccc3)n2)cc1-c1nc(-c2ccccc2)nc(-c2cccc(-c3cccc(N4c5ccccc5B5c6ccccc6N(c6ccccc6)c6cccc4c65)c3)c2)n1. The van der Waals surface area contributed by atoms with Crippen molar-refractivity contribution in [2.75, 3.05) is 9.80 Å². The standard InChI is InChI=1S/C79H52BN9/c1-51-43-45-67-62(47-51)61-35-14-17-38-66(61)89(67)68-46-44-58(78-82-74(52-23-6-2-7-24-52)81-75(83-78)53-25-8-3-9-26-53)50-63(68)79-85-76(54-27-10-4-11-28-54)84-77(86-79)57-31-20-29-55(48-57)56-30-21-34-60(49-56)88-70-40-19-16-37-65(70)80-64-36-15-18-39-69(64)87(59-32-12-5-13-33-59)71-41-22-42-72(88)73(71)80/h2-50H,1H3. The summed E-state index contributed by atoms with van der Waals surface area (Å²) >= 11 is 0. The minimum absolute atomic E-state index is 0.0458. The summed E-state index contributed by atoms with van der Waals surface area (Å²) in [7, 11) is 0. The van der Waals surface area contributed by atoms with E-state index in [0.717, 1.165) is 94.8 Å². The molecule has 0 unspecified atom stereocenters. The highest BCUT2D eigenvalue weighted by Crippen LogP contribution is 2.45.